The minimum atomic E-state index is -0.845. The Bertz CT molecular complexity index is 1060. The molecule has 0 saturated heterocycles. The molecule has 0 aliphatic heterocycles. The first-order valence-corrected chi connectivity index (χ1v) is 9.32. The predicted octanol–water partition coefficient (Wildman–Crippen LogP) is 4.18. The molecule has 0 aliphatic carbocycles. The maximum atomic E-state index is 12.3. The lowest BCUT2D eigenvalue weighted by molar-refractivity contribution is -0.127. The van der Waals surface area contributed by atoms with Crippen molar-refractivity contribution in [3.63, 3.8) is 0 Å². The molecule has 3 aromatic rings. The number of aromatic nitrogens is 1. The number of rotatable bonds is 7. The maximum Gasteiger partial charge on any atom is 0.255 e. The number of ketones is 1. The second-order valence-electron chi connectivity index (χ2n) is 5.82. The fourth-order valence-electron chi connectivity index (χ4n) is 2.36. The summed E-state index contributed by atoms with van der Waals surface area (Å²) in [6.07, 6.45) is 3.00. The summed E-state index contributed by atoms with van der Waals surface area (Å²) < 4.78 is 6.47. The molecule has 0 radical (unpaired) electrons. The molecule has 0 spiro atoms. The molecule has 144 valence electrons. The van der Waals surface area contributed by atoms with E-state index in [0.717, 1.165) is 4.47 Å². The number of carbonyl (C=O) groups is 3. The highest BCUT2D eigenvalue weighted by Gasteiger charge is 2.14. The van der Waals surface area contributed by atoms with Crippen LogP contribution >= 0.6 is 15.9 Å². The van der Waals surface area contributed by atoms with Gasteiger partial charge in [0, 0.05) is 17.8 Å². The zero-order valence-electron chi connectivity index (χ0n) is 15.0. The molecule has 0 aliphatic rings. The second-order valence-corrected chi connectivity index (χ2v) is 6.68. The van der Waals surface area contributed by atoms with Crippen molar-refractivity contribution < 1.29 is 19.1 Å². The fourth-order valence-corrected chi connectivity index (χ4v) is 2.73. The topological polar surface area (TPSA) is 85.4 Å². The number of carbonyl (C=O) groups excluding carboxylic acids is 3. The van der Waals surface area contributed by atoms with Crippen molar-refractivity contribution in [1.29, 1.82) is 0 Å². The minimum Gasteiger partial charge on any atom is -0.438 e. The van der Waals surface area contributed by atoms with Gasteiger partial charge in [-0.25, -0.2) is 4.98 Å². The SMILES string of the molecule is O=CC(=O)/C(=C/c1ccc(Oc2ccccc2Br)nc1)NC(=O)c1ccccc1. The van der Waals surface area contributed by atoms with E-state index in [4.69, 9.17) is 4.74 Å². The Hall–Kier alpha value is -3.58. The van der Waals surface area contributed by atoms with E-state index in [0.29, 0.717) is 22.8 Å². The van der Waals surface area contributed by atoms with Crippen LogP contribution in [-0.4, -0.2) is 23.0 Å². The highest BCUT2D eigenvalue weighted by molar-refractivity contribution is 9.10. The third kappa shape index (κ3) is 5.46. The molecule has 0 fully saturated rings. The Morgan fingerprint density at radius 2 is 1.69 bits per heavy atom. The normalized spacial score (nSPS) is 10.9. The van der Waals surface area contributed by atoms with Gasteiger partial charge in [0.2, 0.25) is 11.7 Å². The average Bonchev–Trinajstić information content (AvgIpc) is 2.76. The number of benzene rings is 2. The summed E-state index contributed by atoms with van der Waals surface area (Å²) in [4.78, 5) is 39.4. The summed E-state index contributed by atoms with van der Waals surface area (Å²) in [5.74, 6) is -0.377. The van der Waals surface area contributed by atoms with Crippen molar-refractivity contribution >= 4 is 40.0 Å². The molecule has 3 rings (SSSR count). The Morgan fingerprint density at radius 1 is 0.966 bits per heavy atom. The summed E-state index contributed by atoms with van der Waals surface area (Å²) >= 11 is 3.39. The first-order chi connectivity index (χ1) is 14.1. The first-order valence-electron chi connectivity index (χ1n) is 8.53. The number of para-hydroxylation sites is 1. The molecule has 0 bridgehead atoms. The average molecular weight is 451 g/mol. The van der Waals surface area contributed by atoms with Crippen molar-refractivity contribution in [3.05, 3.63) is 94.2 Å². The molecule has 1 heterocycles. The van der Waals surface area contributed by atoms with Gasteiger partial charge in [-0.05, 0) is 57.9 Å². The van der Waals surface area contributed by atoms with E-state index in [2.05, 4.69) is 26.2 Å². The highest BCUT2D eigenvalue weighted by atomic mass is 79.9. The van der Waals surface area contributed by atoms with Crippen LogP contribution in [0.2, 0.25) is 0 Å². The Balaban J connectivity index is 1.79. The van der Waals surface area contributed by atoms with Gasteiger partial charge in [0.1, 0.15) is 5.75 Å². The Morgan fingerprint density at radius 3 is 2.34 bits per heavy atom. The minimum absolute atomic E-state index is 0.143. The molecular formula is C22H15BrN2O4. The van der Waals surface area contributed by atoms with Crippen LogP contribution in [0.1, 0.15) is 15.9 Å². The molecule has 29 heavy (non-hydrogen) atoms. The van der Waals surface area contributed by atoms with Crippen LogP contribution < -0.4 is 10.1 Å². The molecule has 1 aromatic heterocycles. The molecule has 7 heteroatoms. The van der Waals surface area contributed by atoms with Gasteiger partial charge < -0.3 is 10.1 Å². The van der Waals surface area contributed by atoms with Gasteiger partial charge in [-0.2, -0.15) is 0 Å². The van der Waals surface area contributed by atoms with Crippen LogP contribution in [0.5, 0.6) is 11.6 Å². The van der Waals surface area contributed by atoms with Gasteiger partial charge in [0.05, 0.1) is 10.2 Å². The van der Waals surface area contributed by atoms with E-state index >= 15 is 0 Å². The van der Waals surface area contributed by atoms with E-state index in [-0.39, 0.29) is 12.0 Å². The van der Waals surface area contributed by atoms with Crippen molar-refractivity contribution in [2.75, 3.05) is 0 Å². The third-order valence-corrected chi connectivity index (χ3v) is 4.43. The lowest BCUT2D eigenvalue weighted by atomic mass is 10.1. The second kappa shape index (κ2) is 9.57. The van der Waals surface area contributed by atoms with Crippen molar-refractivity contribution in [2.24, 2.45) is 0 Å². The third-order valence-electron chi connectivity index (χ3n) is 3.78. The molecule has 0 saturated carbocycles. The highest BCUT2D eigenvalue weighted by Crippen LogP contribution is 2.28. The maximum absolute atomic E-state index is 12.3. The van der Waals surface area contributed by atoms with Crippen LogP contribution in [0.4, 0.5) is 0 Å². The van der Waals surface area contributed by atoms with Gasteiger partial charge >= 0.3 is 0 Å². The Kier molecular flexibility index (Phi) is 6.65. The monoisotopic (exact) mass is 450 g/mol. The van der Waals surface area contributed by atoms with Gasteiger partial charge in [-0.1, -0.05) is 30.3 Å². The number of hydrogen-bond acceptors (Lipinski definition) is 5. The summed E-state index contributed by atoms with van der Waals surface area (Å²) in [6, 6.07) is 19.0. The quantitative estimate of drug-likeness (QED) is 0.331. The van der Waals surface area contributed by atoms with Crippen LogP contribution in [0.3, 0.4) is 0 Å². The van der Waals surface area contributed by atoms with E-state index in [9.17, 15) is 14.4 Å². The van der Waals surface area contributed by atoms with Gasteiger partial charge in [-0.15, -0.1) is 0 Å². The summed E-state index contributed by atoms with van der Waals surface area (Å²) in [5, 5.41) is 2.47. The van der Waals surface area contributed by atoms with Crippen molar-refractivity contribution in [3.8, 4) is 11.6 Å². The summed E-state index contributed by atoms with van der Waals surface area (Å²) in [5.41, 5.74) is 0.741. The van der Waals surface area contributed by atoms with Crippen molar-refractivity contribution in [2.45, 2.75) is 0 Å². The molecule has 1 N–H and O–H groups in total. The molecule has 2 aromatic carbocycles. The van der Waals surface area contributed by atoms with Crippen LogP contribution in [-0.2, 0) is 9.59 Å². The van der Waals surface area contributed by atoms with Gasteiger partial charge in [0.25, 0.3) is 5.91 Å². The number of amides is 1. The van der Waals surface area contributed by atoms with Crippen LogP contribution in [0.25, 0.3) is 6.08 Å². The number of pyridine rings is 1. The van der Waals surface area contributed by atoms with Crippen molar-refractivity contribution in [1.82, 2.24) is 10.3 Å². The Labute approximate surface area is 175 Å². The zero-order valence-corrected chi connectivity index (χ0v) is 16.6. The largest absolute Gasteiger partial charge is 0.438 e. The number of Topliss-reactive ketones (excluding diaryl/α,β-unsaturated/α-hetero) is 1. The van der Waals surface area contributed by atoms with Gasteiger partial charge in [-0.3, -0.25) is 14.4 Å². The van der Waals surface area contributed by atoms with Crippen LogP contribution in [0.15, 0.2) is 83.1 Å². The number of ether oxygens (including phenoxy) is 1. The lowest BCUT2D eigenvalue weighted by Gasteiger charge is -2.08. The predicted molar refractivity (Wildman–Crippen MR) is 111 cm³/mol. The number of halogens is 1. The van der Waals surface area contributed by atoms with Gasteiger partial charge in [0.15, 0.2) is 6.29 Å². The molecule has 0 unspecified atom stereocenters. The number of aldehydes is 1. The lowest BCUT2D eigenvalue weighted by Crippen LogP contribution is -2.27. The number of hydrogen-bond donors (Lipinski definition) is 1. The molecular weight excluding hydrogens is 436 g/mol. The summed E-state index contributed by atoms with van der Waals surface area (Å²) in [7, 11) is 0. The van der Waals surface area contributed by atoms with E-state index < -0.39 is 11.7 Å². The van der Waals surface area contributed by atoms with Crippen LogP contribution in [0, 0.1) is 0 Å². The smallest absolute Gasteiger partial charge is 0.255 e. The summed E-state index contributed by atoms with van der Waals surface area (Å²) in [6.45, 7) is 0. The molecule has 0 atom stereocenters. The standard InChI is InChI=1S/C22H15BrN2O4/c23-17-8-4-5-9-20(17)29-21-11-10-15(13-24-21)12-18(19(27)14-26)25-22(28)16-6-2-1-3-7-16/h1-14H,(H,25,28)/b18-12-. The number of allylic oxidation sites excluding steroid dienone is 1. The van der Waals surface area contributed by atoms with E-state index in [1.54, 1.807) is 48.5 Å². The molecule has 1 amide bonds. The molecule has 6 nitrogen and oxygen atoms in total. The van der Waals surface area contributed by atoms with E-state index in [1.807, 2.05) is 18.2 Å². The zero-order chi connectivity index (χ0) is 20.6. The fraction of sp³-hybridized carbons (Fsp3) is 0. The number of nitrogens with zero attached hydrogens (tertiary/aromatic N) is 1. The van der Waals surface area contributed by atoms with E-state index in [1.165, 1.54) is 12.3 Å². The first kappa shape index (κ1) is 20.2. The number of nitrogens with one attached hydrogen (secondary N) is 1.